The molecule has 0 saturated heterocycles. The van der Waals surface area contributed by atoms with Gasteiger partial charge in [0.05, 0.1) is 13.2 Å². The monoisotopic (exact) mass is 398 g/mol. The first-order valence-corrected chi connectivity index (χ1v) is 11.9. The molecule has 154 valence electrons. The minimum atomic E-state index is -1.81. The molecule has 0 saturated carbocycles. The molecule has 0 amide bonds. The maximum Gasteiger partial charge on any atom is 0.192 e. The molecule has 0 radical (unpaired) electrons. The normalized spacial score (nSPS) is 12.6. The van der Waals surface area contributed by atoms with Crippen LogP contribution in [0.1, 0.15) is 31.9 Å². The molecule has 0 aromatic heterocycles. The molecule has 1 rings (SSSR count). The van der Waals surface area contributed by atoms with Gasteiger partial charge >= 0.3 is 0 Å². The molecule has 0 aliphatic carbocycles. The second-order valence-corrected chi connectivity index (χ2v) is 12.6. The number of hydrogen-bond donors (Lipinski definition) is 1. The number of ether oxygens (including phenoxy) is 4. The fourth-order valence-corrected chi connectivity index (χ4v) is 2.99. The van der Waals surface area contributed by atoms with Crippen molar-refractivity contribution in [3.8, 4) is 11.5 Å². The third-order valence-electron chi connectivity index (χ3n) is 4.62. The van der Waals surface area contributed by atoms with Gasteiger partial charge in [-0.3, -0.25) is 0 Å². The van der Waals surface area contributed by atoms with Gasteiger partial charge in [0.1, 0.15) is 0 Å². The molecule has 0 aliphatic rings. The van der Waals surface area contributed by atoms with Crippen LogP contribution in [0.2, 0.25) is 18.1 Å². The van der Waals surface area contributed by atoms with Crippen LogP contribution in [0.3, 0.4) is 0 Å². The van der Waals surface area contributed by atoms with Crippen molar-refractivity contribution in [3.05, 3.63) is 29.3 Å². The van der Waals surface area contributed by atoms with E-state index in [0.717, 1.165) is 11.1 Å². The van der Waals surface area contributed by atoms with Crippen LogP contribution < -0.4 is 9.47 Å². The van der Waals surface area contributed by atoms with Crippen molar-refractivity contribution in [2.45, 2.75) is 45.5 Å². The first-order valence-electron chi connectivity index (χ1n) is 8.98. The van der Waals surface area contributed by atoms with Gasteiger partial charge in [-0.25, -0.2) is 0 Å². The zero-order chi connectivity index (χ0) is 20.5. The average Bonchev–Trinajstić information content (AvgIpc) is 2.61. The van der Waals surface area contributed by atoms with E-state index in [1.54, 1.807) is 20.3 Å². The maximum absolute atomic E-state index is 9.55. The van der Waals surface area contributed by atoms with Gasteiger partial charge in [-0.2, -0.15) is 0 Å². The molecule has 0 unspecified atom stereocenters. The van der Waals surface area contributed by atoms with Crippen molar-refractivity contribution in [1.82, 2.24) is 0 Å². The second-order valence-electron chi connectivity index (χ2n) is 7.75. The largest absolute Gasteiger partial charge is 0.464 e. The van der Waals surface area contributed by atoms with Crippen LogP contribution in [-0.2, 0) is 20.5 Å². The van der Waals surface area contributed by atoms with Crippen molar-refractivity contribution in [2.75, 3.05) is 34.4 Å². The van der Waals surface area contributed by atoms with Crippen LogP contribution in [0.4, 0.5) is 0 Å². The minimum absolute atomic E-state index is 0.0792. The summed E-state index contributed by atoms with van der Waals surface area (Å²) in [5.74, 6) is 1.03. The number of aliphatic hydroxyl groups excluding tert-OH is 1. The molecular weight excluding hydrogens is 364 g/mol. The molecule has 1 N–H and O–H groups in total. The Bertz CT molecular complexity index is 607. The van der Waals surface area contributed by atoms with Crippen LogP contribution in [0.15, 0.2) is 18.2 Å². The molecule has 0 aliphatic heterocycles. The van der Waals surface area contributed by atoms with Crippen LogP contribution >= 0.6 is 0 Å². The lowest BCUT2D eigenvalue weighted by molar-refractivity contribution is 0.0320. The second kappa shape index (κ2) is 10.8. The van der Waals surface area contributed by atoms with E-state index < -0.39 is 8.32 Å². The fraction of sp³-hybridized carbons (Fsp3) is 0.600. The van der Waals surface area contributed by atoms with E-state index in [4.69, 9.17) is 23.4 Å². The summed E-state index contributed by atoms with van der Waals surface area (Å²) in [5, 5.41) is 9.71. The molecule has 1 aromatic rings. The molecule has 7 heteroatoms. The predicted molar refractivity (Wildman–Crippen MR) is 110 cm³/mol. The van der Waals surface area contributed by atoms with E-state index in [2.05, 4.69) is 33.9 Å². The lowest BCUT2D eigenvalue weighted by Gasteiger charge is -2.35. The summed E-state index contributed by atoms with van der Waals surface area (Å²) in [7, 11) is 1.29. The Morgan fingerprint density at radius 3 is 2.22 bits per heavy atom. The van der Waals surface area contributed by atoms with Crippen LogP contribution in [0.5, 0.6) is 11.5 Å². The van der Waals surface area contributed by atoms with E-state index >= 15 is 0 Å². The van der Waals surface area contributed by atoms with Gasteiger partial charge < -0.3 is 28.5 Å². The van der Waals surface area contributed by atoms with Crippen molar-refractivity contribution >= 4 is 14.4 Å². The van der Waals surface area contributed by atoms with Crippen LogP contribution in [-0.4, -0.2) is 47.8 Å². The SMILES string of the molecule is COCOc1cc(CO)cc(/C=C/CO[Si](C)(C)C(C)(C)C)c1OCOC. The zero-order valence-corrected chi connectivity index (χ0v) is 18.6. The quantitative estimate of drug-likeness (QED) is 0.446. The topological polar surface area (TPSA) is 66.4 Å². The van der Waals surface area contributed by atoms with Gasteiger partial charge in [-0.1, -0.05) is 32.9 Å². The standard InChI is InChI=1S/C20H34O6Si/c1-20(2,3)27(6,7)26-10-8-9-17-11-16(13-21)12-18(24-14-22-4)19(17)25-15-23-5/h8-9,11-12,21H,10,13-15H2,1-7H3/b9-8+. The molecule has 1 aromatic carbocycles. The highest BCUT2D eigenvalue weighted by Gasteiger charge is 2.36. The third-order valence-corrected chi connectivity index (χ3v) is 9.12. The van der Waals surface area contributed by atoms with Crippen LogP contribution in [0.25, 0.3) is 6.08 Å². The van der Waals surface area contributed by atoms with E-state index in [-0.39, 0.29) is 25.2 Å². The third kappa shape index (κ3) is 7.27. The van der Waals surface area contributed by atoms with Crippen molar-refractivity contribution in [1.29, 1.82) is 0 Å². The lowest BCUT2D eigenvalue weighted by atomic mass is 10.1. The summed E-state index contributed by atoms with van der Waals surface area (Å²) in [5.41, 5.74) is 1.50. The van der Waals surface area contributed by atoms with Gasteiger partial charge in [0.2, 0.25) is 0 Å². The summed E-state index contributed by atoms with van der Waals surface area (Å²) < 4.78 is 27.5. The zero-order valence-electron chi connectivity index (χ0n) is 17.6. The fourth-order valence-electron chi connectivity index (χ4n) is 2.05. The Kier molecular flexibility index (Phi) is 9.48. The minimum Gasteiger partial charge on any atom is -0.464 e. The highest BCUT2D eigenvalue weighted by Crippen LogP contribution is 2.37. The van der Waals surface area contributed by atoms with E-state index in [0.29, 0.717) is 18.1 Å². The lowest BCUT2D eigenvalue weighted by Crippen LogP contribution is -2.40. The molecule has 0 fully saturated rings. The molecule has 0 atom stereocenters. The summed E-state index contributed by atoms with van der Waals surface area (Å²) in [6.07, 6.45) is 3.87. The molecule has 0 heterocycles. The van der Waals surface area contributed by atoms with Crippen LogP contribution in [0, 0.1) is 0 Å². The van der Waals surface area contributed by atoms with Crippen molar-refractivity contribution in [2.24, 2.45) is 0 Å². The highest BCUT2D eigenvalue weighted by molar-refractivity contribution is 6.74. The van der Waals surface area contributed by atoms with Gasteiger partial charge in [-0.05, 0) is 35.8 Å². The summed E-state index contributed by atoms with van der Waals surface area (Å²) >= 11 is 0. The number of aliphatic hydroxyl groups is 1. The summed E-state index contributed by atoms with van der Waals surface area (Å²) in [6, 6.07) is 3.58. The summed E-state index contributed by atoms with van der Waals surface area (Å²) in [6.45, 7) is 11.7. The molecule has 27 heavy (non-hydrogen) atoms. The van der Waals surface area contributed by atoms with Gasteiger partial charge in [0.25, 0.3) is 0 Å². The van der Waals surface area contributed by atoms with Gasteiger partial charge in [0, 0.05) is 19.8 Å². The summed E-state index contributed by atoms with van der Waals surface area (Å²) in [4.78, 5) is 0. The Hall–Kier alpha value is -1.38. The first kappa shape index (κ1) is 23.7. The Balaban J connectivity index is 3.05. The maximum atomic E-state index is 9.55. The van der Waals surface area contributed by atoms with Crippen molar-refractivity contribution < 1.29 is 28.5 Å². The average molecular weight is 399 g/mol. The van der Waals surface area contributed by atoms with Crippen molar-refractivity contribution in [3.63, 3.8) is 0 Å². The van der Waals surface area contributed by atoms with Gasteiger partial charge in [-0.15, -0.1) is 0 Å². The predicted octanol–water partition coefficient (Wildman–Crippen LogP) is 4.18. The van der Waals surface area contributed by atoms with Gasteiger partial charge in [0.15, 0.2) is 33.4 Å². The molecule has 0 bridgehead atoms. The number of methoxy groups -OCH3 is 2. The Morgan fingerprint density at radius 2 is 1.67 bits per heavy atom. The first-order chi connectivity index (χ1) is 12.7. The smallest absolute Gasteiger partial charge is 0.192 e. The van der Waals surface area contributed by atoms with E-state index in [9.17, 15) is 5.11 Å². The number of hydrogen-bond acceptors (Lipinski definition) is 6. The number of benzene rings is 1. The molecule has 0 spiro atoms. The Labute approximate surface area is 164 Å². The van der Waals surface area contributed by atoms with E-state index in [1.165, 1.54) is 0 Å². The molecule has 6 nitrogen and oxygen atoms in total. The Morgan fingerprint density at radius 1 is 1.04 bits per heavy atom. The highest BCUT2D eigenvalue weighted by atomic mass is 28.4. The number of rotatable bonds is 11. The van der Waals surface area contributed by atoms with E-state index in [1.807, 2.05) is 18.2 Å². The molecular formula is C20H34O6Si.